The highest BCUT2D eigenvalue weighted by Crippen LogP contribution is 2.24. The van der Waals surface area contributed by atoms with Gasteiger partial charge in [0.2, 0.25) is 5.91 Å². The number of rotatable bonds is 9. The summed E-state index contributed by atoms with van der Waals surface area (Å²) in [6.07, 6.45) is 4.46. The third kappa shape index (κ3) is 4.87. The zero-order valence-corrected chi connectivity index (χ0v) is 19.1. The van der Waals surface area contributed by atoms with Crippen LogP contribution in [0.3, 0.4) is 0 Å². The number of carbonyl (C=O) groups excluding carboxylic acids is 1. The predicted octanol–water partition coefficient (Wildman–Crippen LogP) is 5.44. The van der Waals surface area contributed by atoms with Crippen LogP contribution >= 0.6 is 0 Å². The monoisotopic (exact) mass is 419 g/mol. The molecule has 0 aliphatic rings. The lowest BCUT2D eigenvalue weighted by Crippen LogP contribution is -2.37. The zero-order valence-electron chi connectivity index (χ0n) is 19.1. The standard InChI is InChI=1S/C26H33N3O2/c1-5-8-11-18-28(24(30)7-3)19(4)25-27-23-13-10-9-12-22(23)26(31)29(25)21-16-14-20(6-2)15-17-21/h9-10,12-17,19H,5-8,11,18H2,1-4H3. The maximum Gasteiger partial charge on any atom is 0.266 e. The molecular weight excluding hydrogens is 386 g/mol. The normalized spacial score (nSPS) is 12.1. The van der Waals surface area contributed by atoms with Gasteiger partial charge in [-0.1, -0.05) is 57.9 Å². The minimum atomic E-state index is -0.313. The smallest absolute Gasteiger partial charge is 0.266 e. The summed E-state index contributed by atoms with van der Waals surface area (Å²) in [5, 5.41) is 0.581. The molecule has 3 rings (SSSR count). The van der Waals surface area contributed by atoms with E-state index in [1.165, 1.54) is 5.56 Å². The highest BCUT2D eigenvalue weighted by atomic mass is 16.2. The van der Waals surface area contributed by atoms with Crippen molar-refractivity contribution in [2.24, 2.45) is 0 Å². The van der Waals surface area contributed by atoms with E-state index in [0.29, 0.717) is 29.7 Å². The second kappa shape index (κ2) is 10.4. The predicted molar refractivity (Wildman–Crippen MR) is 127 cm³/mol. The van der Waals surface area contributed by atoms with Gasteiger partial charge in [0.05, 0.1) is 22.6 Å². The lowest BCUT2D eigenvalue weighted by atomic mass is 10.1. The Balaban J connectivity index is 2.18. The van der Waals surface area contributed by atoms with Gasteiger partial charge in [-0.05, 0) is 49.6 Å². The van der Waals surface area contributed by atoms with Crippen LogP contribution in [-0.4, -0.2) is 26.9 Å². The molecule has 164 valence electrons. The van der Waals surface area contributed by atoms with Crippen molar-refractivity contribution in [3.8, 4) is 5.69 Å². The quantitative estimate of drug-likeness (QED) is 0.434. The summed E-state index contributed by atoms with van der Waals surface area (Å²) in [5.74, 6) is 0.685. The molecule has 0 spiro atoms. The molecular formula is C26H33N3O2. The van der Waals surface area contributed by atoms with Gasteiger partial charge < -0.3 is 4.90 Å². The summed E-state index contributed by atoms with van der Waals surface area (Å²) in [5.41, 5.74) is 2.55. The van der Waals surface area contributed by atoms with Gasteiger partial charge in [0.15, 0.2) is 0 Å². The van der Waals surface area contributed by atoms with E-state index in [9.17, 15) is 9.59 Å². The molecule has 5 heteroatoms. The summed E-state index contributed by atoms with van der Waals surface area (Å²) in [4.78, 5) is 33.1. The Morgan fingerprint density at radius 1 is 1.03 bits per heavy atom. The minimum absolute atomic E-state index is 0.0823. The van der Waals surface area contributed by atoms with E-state index >= 15 is 0 Å². The second-order valence-electron chi connectivity index (χ2n) is 7.97. The SMILES string of the molecule is CCCCCN(C(=O)CC)C(C)c1nc2ccccc2c(=O)n1-c1ccc(CC)cc1. The van der Waals surface area contributed by atoms with Crippen LogP contribution in [-0.2, 0) is 11.2 Å². The first-order valence-corrected chi connectivity index (χ1v) is 11.4. The topological polar surface area (TPSA) is 55.2 Å². The van der Waals surface area contributed by atoms with E-state index < -0.39 is 0 Å². The van der Waals surface area contributed by atoms with Crippen LogP contribution in [0.4, 0.5) is 0 Å². The molecule has 1 atom stereocenters. The van der Waals surface area contributed by atoms with Crippen molar-refractivity contribution in [3.63, 3.8) is 0 Å². The molecule has 1 aromatic heterocycles. The third-order valence-electron chi connectivity index (χ3n) is 5.87. The highest BCUT2D eigenvalue weighted by molar-refractivity contribution is 5.78. The average molecular weight is 420 g/mol. The van der Waals surface area contributed by atoms with E-state index in [0.717, 1.165) is 31.4 Å². The van der Waals surface area contributed by atoms with Crippen molar-refractivity contribution in [1.29, 1.82) is 0 Å². The number of para-hydroxylation sites is 1. The molecule has 1 heterocycles. The molecule has 0 aliphatic heterocycles. The minimum Gasteiger partial charge on any atom is -0.333 e. The van der Waals surface area contributed by atoms with Gasteiger partial charge in [-0.2, -0.15) is 0 Å². The fourth-order valence-corrected chi connectivity index (χ4v) is 3.97. The van der Waals surface area contributed by atoms with Crippen LogP contribution in [0.2, 0.25) is 0 Å². The van der Waals surface area contributed by atoms with E-state index in [2.05, 4.69) is 13.8 Å². The third-order valence-corrected chi connectivity index (χ3v) is 5.87. The number of hydrogen-bond acceptors (Lipinski definition) is 3. The number of aromatic nitrogens is 2. The molecule has 1 unspecified atom stereocenters. The molecule has 0 radical (unpaired) electrons. The molecule has 2 aromatic carbocycles. The summed E-state index contributed by atoms with van der Waals surface area (Å²) in [6, 6.07) is 15.1. The molecule has 0 saturated heterocycles. The fraction of sp³-hybridized carbons (Fsp3) is 0.423. The van der Waals surface area contributed by atoms with Gasteiger partial charge in [-0.3, -0.25) is 14.2 Å². The average Bonchev–Trinajstić information content (AvgIpc) is 2.81. The molecule has 5 nitrogen and oxygen atoms in total. The Hall–Kier alpha value is -2.95. The van der Waals surface area contributed by atoms with Crippen molar-refractivity contribution in [3.05, 3.63) is 70.3 Å². The summed E-state index contributed by atoms with van der Waals surface area (Å²) < 4.78 is 1.68. The van der Waals surface area contributed by atoms with E-state index in [-0.39, 0.29) is 17.5 Å². The summed E-state index contributed by atoms with van der Waals surface area (Å²) >= 11 is 0. The molecule has 3 aromatic rings. The number of amides is 1. The lowest BCUT2D eigenvalue weighted by molar-refractivity contribution is -0.133. The van der Waals surface area contributed by atoms with E-state index in [1.54, 1.807) is 4.57 Å². The zero-order chi connectivity index (χ0) is 22.4. The number of nitrogens with zero attached hydrogens (tertiary/aromatic N) is 3. The maximum absolute atomic E-state index is 13.6. The second-order valence-corrected chi connectivity index (χ2v) is 7.97. The van der Waals surface area contributed by atoms with Crippen LogP contribution < -0.4 is 5.56 Å². The van der Waals surface area contributed by atoms with Crippen LogP contribution in [0, 0.1) is 0 Å². The summed E-state index contributed by atoms with van der Waals surface area (Å²) in [6.45, 7) is 8.78. The molecule has 0 fully saturated rings. The van der Waals surface area contributed by atoms with Gasteiger partial charge in [0.25, 0.3) is 5.56 Å². The maximum atomic E-state index is 13.6. The number of carbonyl (C=O) groups is 1. The Morgan fingerprint density at radius 3 is 2.39 bits per heavy atom. The fourth-order valence-electron chi connectivity index (χ4n) is 3.97. The van der Waals surface area contributed by atoms with E-state index in [4.69, 9.17) is 4.98 Å². The van der Waals surface area contributed by atoms with Gasteiger partial charge in [-0.15, -0.1) is 0 Å². The Kier molecular flexibility index (Phi) is 7.61. The molecule has 0 bridgehead atoms. The van der Waals surface area contributed by atoms with Crippen molar-refractivity contribution in [2.45, 2.75) is 65.8 Å². The first-order valence-electron chi connectivity index (χ1n) is 11.4. The first kappa shape index (κ1) is 22.7. The van der Waals surface area contributed by atoms with Crippen molar-refractivity contribution < 1.29 is 4.79 Å². The molecule has 0 saturated carbocycles. The molecule has 0 aliphatic carbocycles. The van der Waals surface area contributed by atoms with Gasteiger partial charge >= 0.3 is 0 Å². The van der Waals surface area contributed by atoms with Crippen molar-refractivity contribution in [2.75, 3.05) is 6.54 Å². The van der Waals surface area contributed by atoms with Crippen LogP contribution in [0.15, 0.2) is 53.3 Å². The van der Waals surface area contributed by atoms with Crippen molar-refractivity contribution >= 4 is 16.8 Å². The molecule has 0 N–H and O–H groups in total. The first-order chi connectivity index (χ1) is 15.0. The summed E-state index contributed by atoms with van der Waals surface area (Å²) in [7, 11) is 0. The largest absolute Gasteiger partial charge is 0.333 e. The van der Waals surface area contributed by atoms with Crippen molar-refractivity contribution in [1.82, 2.24) is 14.5 Å². The number of unbranched alkanes of at least 4 members (excludes halogenated alkanes) is 2. The van der Waals surface area contributed by atoms with Gasteiger partial charge in [0.1, 0.15) is 5.82 Å². The van der Waals surface area contributed by atoms with Crippen LogP contribution in [0.25, 0.3) is 16.6 Å². The molecule has 1 amide bonds. The number of aryl methyl sites for hydroxylation is 1. The Labute approximate surface area is 184 Å². The Morgan fingerprint density at radius 2 is 1.74 bits per heavy atom. The Bertz CT molecular complexity index is 1090. The lowest BCUT2D eigenvalue weighted by Gasteiger charge is -2.30. The number of hydrogen-bond donors (Lipinski definition) is 0. The van der Waals surface area contributed by atoms with E-state index in [1.807, 2.05) is 67.3 Å². The number of fused-ring (bicyclic) bond motifs is 1. The number of benzene rings is 2. The van der Waals surface area contributed by atoms with Gasteiger partial charge in [0, 0.05) is 13.0 Å². The highest BCUT2D eigenvalue weighted by Gasteiger charge is 2.25. The van der Waals surface area contributed by atoms with Crippen LogP contribution in [0.5, 0.6) is 0 Å². The van der Waals surface area contributed by atoms with Gasteiger partial charge in [-0.25, -0.2) is 4.98 Å². The molecule has 31 heavy (non-hydrogen) atoms. The van der Waals surface area contributed by atoms with Crippen LogP contribution in [0.1, 0.15) is 70.8 Å².